The third-order valence-electron chi connectivity index (χ3n) is 11.0. The fraction of sp³-hybridized carbons (Fsp3) is 0. The van der Waals surface area contributed by atoms with Crippen LogP contribution in [0.4, 0.5) is 0 Å². The Labute approximate surface area is 296 Å². The highest BCUT2D eigenvalue weighted by Crippen LogP contribution is 2.42. The zero-order valence-electron chi connectivity index (χ0n) is 27.9. The number of benzene rings is 8. The van der Waals surface area contributed by atoms with Gasteiger partial charge in [0, 0.05) is 27.2 Å². The molecule has 1 aliphatic rings. The van der Waals surface area contributed by atoms with Crippen molar-refractivity contribution in [3.8, 4) is 33.6 Å². The lowest BCUT2D eigenvalue weighted by Crippen LogP contribution is -2.55. The van der Waals surface area contributed by atoms with Crippen molar-refractivity contribution >= 4 is 66.7 Å². The minimum Gasteiger partial charge on any atom is -0.310 e. The van der Waals surface area contributed by atoms with Gasteiger partial charge < -0.3 is 9.13 Å². The number of para-hydroxylation sites is 2. The van der Waals surface area contributed by atoms with Crippen LogP contribution in [-0.2, 0) is 0 Å². The molecule has 51 heavy (non-hydrogen) atoms. The smallest absolute Gasteiger partial charge is 0.246 e. The van der Waals surface area contributed by atoms with Gasteiger partial charge in [0.05, 0.1) is 27.8 Å². The SMILES string of the molecule is c1ccc(B2c3ccccc3-n3c4ccccc4c4c(-n5c6ccc(-c7ccccc7)cc6c6ccc(-c7ccccc7)cc65)ccc2c43)cc1. The highest BCUT2D eigenvalue weighted by atomic mass is 15.0. The van der Waals surface area contributed by atoms with Gasteiger partial charge in [-0.05, 0) is 69.6 Å². The number of fused-ring (bicyclic) bond motifs is 8. The maximum atomic E-state index is 2.53. The Kier molecular flexibility index (Phi) is 6.08. The normalized spacial score (nSPS) is 12.3. The van der Waals surface area contributed by atoms with Crippen LogP contribution < -0.4 is 16.4 Å². The van der Waals surface area contributed by atoms with Crippen LogP contribution in [0.15, 0.2) is 188 Å². The molecule has 0 atom stereocenters. The predicted octanol–water partition coefficient (Wildman–Crippen LogP) is 10.0. The summed E-state index contributed by atoms with van der Waals surface area (Å²) in [4.78, 5) is 0. The fourth-order valence-electron chi connectivity index (χ4n) is 8.78. The molecule has 2 nitrogen and oxygen atoms in total. The van der Waals surface area contributed by atoms with Crippen LogP contribution in [0.5, 0.6) is 0 Å². The van der Waals surface area contributed by atoms with E-state index in [1.165, 1.54) is 93.6 Å². The summed E-state index contributed by atoms with van der Waals surface area (Å²) >= 11 is 0. The second-order valence-corrected chi connectivity index (χ2v) is 13.7. The van der Waals surface area contributed by atoms with Gasteiger partial charge in [-0.25, -0.2) is 0 Å². The lowest BCUT2D eigenvalue weighted by atomic mass is 9.35. The molecule has 10 aromatic rings. The molecule has 0 radical (unpaired) electrons. The molecule has 0 fully saturated rings. The number of hydrogen-bond donors (Lipinski definition) is 0. The van der Waals surface area contributed by atoms with E-state index in [-0.39, 0.29) is 6.71 Å². The van der Waals surface area contributed by atoms with Crippen LogP contribution in [0.2, 0.25) is 0 Å². The maximum Gasteiger partial charge on any atom is 0.246 e. The quantitative estimate of drug-likeness (QED) is 0.169. The molecule has 0 amide bonds. The summed E-state index contributed by atoms with van der Waals surface area (Å²) in [7, 11) is 0. The lowest BCUT2D eigenvalue weighted by Gasteiger charge is -2.27. The summed E-state index contributed by atoms with van der Waals surface area (Å²) in [6.07, 6.45) is 0. The van der Waals surface area contributed by atoms with Crippen LogP contribution >= 0.6 is 0 Å². The molecule has 0 saturated carbocycles. The number of hydrogen-bond acceptors (Lipinski definition) is 0. The van der Waals surface area contributed by atoms with Gasteiger partial charge >= 0.3 is 0 Å². The highest BCUT2D eigenvalue weighted by molar-refractivity contribution is 6.98. The van der Waals surface area contributed by atoms with Gasteiger partial charge in [0.1, 0.15) is 0 Å². The van der Waals surface area contributed by atoms with E-state index < -0.39 is 0 Å². The van der Waals surface area contributed by atoms with Crippen molar-refractivity contribution in [2.45, 2.75) is 0 Å². The molecule has 3 heterocycles. The molecular weight excluding hydrogens is 615 g/mol. The van der Waals surface area contributed by atoms with Crippen LogP contribution in [-0.4, -0.2) is 15.8 Å². The summed E-state index contributed by atoms with van der Waals surface area (Å²) in [6.45, 7) is 0.132. The third-order valence-corrected chi connectivity index (χ3v) is 11.0. The summed E-state index contributed by atoms with van der Waals surface area (Å²) in [5, 5.41) is 5.06. The standard InChI is InChI=1S/C48H31BN2/c1-4-14-32(15-5-1)34-25-28-43-39(30-34)37-26-24-35(33-16-6-2-7-17-33)31-46(37)50(43)45-29-27-41-48-47(45)38-20-10-12-22-42(38)51(48)44-23-13-11-21-40(44)49(41)36-18-8-3-9-19-36/h1-31H. The van der Waals surface area contributed by atoms with E-state index >= 15 is 0 Å². The monoisotopic (exact) mass is 646 g/mol. The summed E-state index contributed by atoms with van der Waals surface area (Å²) < 4.78 is 5.05. The Bertz CT molecular complexity index is 2960. The average molecular weight is 647 g/mol. The largest absolute Gasteiger partial charge is 0.310 e. The average Bonchev–Trinajstić information content (AvgIpc) is 3.73. The van der Waals surface area contributed by atoms with Crippen molar-refractivity contribution in [1.82, 2.24) is 9.13 Å². The van der Waals surface area contributed by atoms with E-state index in [1.807, 2.05) is 0 Å². The molecule has 0 saturated heterocycles. The van der Waals surface area contributed by atoms with Crippen molar-refractivity contribution in [1.29, 1.82) is 0 Å². The van der Waals surface area contributed by atoms with Crippen molar-refractivity contribution < 1.29 is 0 Å². The summed E-state index contributed by atoms with van der Waals surface area (Å²) in [5.41, 5.74) is 16.3. The zero-order valence-corrected chi connectivity index (χ0v) is 27.9. The number of aromatic nitrogens is 2. The van der Waals surface area contributed by atoms with E-state index in [1.54, 1.807) is 0 Å². The lowest BCUT2D eigenvalue weighted by molar-refractivity contribution is 1.18. The first-order valence-corrected chi connectivity index (χ1v) is 17.7. The maximum absolute atomic E-state index is 2.53. The van der Waals surface area contributed by atoms with Crippen molar-refractivity contribution in [3.05, 3.63) is 188 Å². The van der Waals surface area contributed by atoms with Crippen LogP contribution in [0.3, 0.4) is 0 Å². The Balaban J connectivity index is 1.28. The van der Waals surface area contributed by atoms with Gasteiger partial charge in [-0.3, -0.25) is 0 Å². The number of rotatable bonds is 4. The molecular formula is C48H31BN2. The number of nitrogens with zero attached hydrogens (tertiary/aromatic N) is 2. The van der Waals surface area contributed by atoms with E-state index in [2.05, 4.69) is 197 Å². The second kappa shape index (κ2) is 11.0. The first-order valence-electron chi connectivity index (χ1n) is 17.7. The summed E-state index contributed by atoms with van der Waals surface area (Å²) in [5.74, 6) is 0. The van der Waals surface area contributed by atoms with Crippen molar-refractivity contribution in [2.75, 3.05) is 0 Å². The Morgan fingerprint density at radius 3 is 1.75 bits per heavy atom. The first-order chi connectivity index (χ1) is 25.3. The minimum absolute atomic E-state index is 0.132. The van der Waals surface area contributed by atoms with Crippen molar-refractivity contribution in [3.63, 3.8) is 0 Å². The molecule has 8 aromatic carbocycles. The molecule has 0 N–H and O–H groups in total. The summed E-state index contributed by atoms with van der Waals surface area (Å²) in [6, 6.07) is 69.2. The molecule has 1 aliphatic heterocycles. The third kappa shape index (κ3) is 4.12. The topological polar surface area (TPSA) is 9.86 Å². The Hall–Kier alpha value is -6.58. The van der Waals surface area contributed by atoms with Crippen molar-refractivity contribution in [2.24, 2.45) is 0 Å². The van der Waals surface area contributed by atoms with E-state index in [4.69, 9.17) is 0 Å². The van der Waals surface area contributed by atoms with E-state index in [0.717, 1.165) is 0 Å². The fourth-order valence-corrected chi connectivity index (χ4v) is 8.78. The van der Waals surface area contributed by atoms with Crippen LogP contribution in [0, 0.1) is 0 Å². The first kappa shape index (κ1) is 28.3. The molecule has 0 spiro atoms. The van der Waals surface area contributed by atoms with E-state index in [0.29, 0.717) is 0 Å². The Morgan fingerprint density at radius 2 is 0.961 bits per heavy atom. The molecule has 0 unspecified atom stereocenters. The minimum atomic E-state index is 0.132. The van der Waals surface area contributed by atoms with Gasteiger partial charge in [-0.2, -0.15) is 0 Å². The molecule has 3 heteroatoms. The molecule has 11 rings (SSSR count). The predicted molar refractivity (Wildman–Crippen MR) is 217 cm³/mol. The van der Waals surface area contributed by atoms with Gasteiger partial charge in [-0.1, -0.05) is 157 Å². The molecule has 2 aromatic heterocycles. The van der Waals surface area contributed by atoms with Crippen LogP contribution in [0.25, 0.3) is 77.2 Å². The van der Waals surface area contributed by atoms with Crippen LogP contribution in [0.1, 0.15) is 0 Å². The molecule has 0 aliphatic carbocycles. The highest BCUT2D eigenvalue weighted by Gasteiger charge is 2.34. The van der Waals surface area contributed by atoms with E-state index in [9.17, 15) is 0 Å². The molecule has 0 bridgehead atoms. The second-order valence-electron chi connectivity index (χ2n) is 13.7. The zero-order chi connectivity index (χ0) is 33.5. The van der Waals surface area contributed by atoms with Gasteiger partial charge in [0.25, 0.3) is 0 Å². The van der Waals surface area contributed by atoms with Gasteiger partial charge in [0.2, 0.25) is 6.71 Å². The van der Waals surface area contributed by atoms with Gasteiger partial charge in [0.15, 0.2) is 0 Å². The van der Waals surface area contributed by atoms with Gasteiger partial charge in [-0.15, -0.1) is 0 Å². The Morgan fingerprint density at radius 1 is 0.333 bits per heavy atom. The molecule has 236 valence electrons.